The van der Waals surface area contributed by atoms with Crippen LogP contribution in [0.3, 0.4) is 0 Å². The zero-order valence-corrected chi connectivity index (χ0v) is 21.9. The van der Waals surface area contributed by atoms with E-state index in [4.69, 9.17) is 21.8 Å². The van der Waals surface area contributed by atoms with Gasteiger partial charge in [-0.3, -0.25) is 9.59 Å². The summed E-state index contributed by atoms with van der Waals surface area (Å²) in [5, 5.41) is 20.7. The molecule has 0 aliphatic heterocycles. The summed E-state index contributed by atoms with van der Waals surface area (Å²) < 4.78 is 30.3. The number of carbonyl (C=O) groups excluding carboxylic acids is 2. The van der Waals surface area contributed by atoms with Gasteiger partial charge >= 0.3 is 0 Å². The maximum Gasteiger partial charge on any atom is 0.285 e. The average molecular weight is 557 g/mol. The lowest BCUT2D eigenvalue weighted by molar-refractivity contribution is 0.100. The van der Waals surface area contributed by atoms with Gasteiger partial charge in [0.05, 0.1) is 14.8 Å². The first-order chi connectivity index (χ1) is 18.2. The van der Waals surface area contributed by atoms with E-state index in [0.717, 1.165) is 6.07 Å². The Balaban J connectivity index is 1.77. The molecule has 7 nitrogen and oxygen atoms in total. The summed E-state index contributed by atoms with van der Waals surface area (Å²) in [4.78, 5) is 25.2. The Bertz CT molecular complexity index is 1490. The predicted octanol–water partition coefficient (Wildman–Crippen LogP) is 4.50. The van der Waals surface area contributed by atoms with Crippen molar-refractivity contribution in [2.24, 2.45) is 4.36 Å². The van der Waals surface area contributed by atoms with E-state index in [2.05, 4.69) is 21.5 Å². The number of hydrogen-bond donors (Lipinski definition) is 3. The third-order valence-electron chi connectivity index (χ3n) is 5.26. The highest BCUT2D eigenvalue weighted by Gasteiger charge is 2.14. The number of nitrogens with zero attached hydrogens (tertiary/aromatic N) is 1. The number of carbonyl (C=O) groups is 2. The number of benzene rings is 3. The monoisotopic (exact) mass is 556 g/mol. The van der Waals surface area contributed by atoms with E-state index in [1.165, 1.54) is 12.1 Å². The van der Waals surface area contributed by atoms with Crippen LogP contribution in [0.4, 0.5) is 10.1 Å². The number of amides is 2. The normalized spacial score (nSPS) is 10.8. The van der Waals surface area contributed by atoms with Crippen molar-refractivity contribution in [2.45, 2.75) is 12.8 Å². The van der Waals surface area contributed by atoms with Gasteiger partial charge in [0, 0.05) is 52.7 Å². The topological polar surface area (TPSA) is 116 Å². The zero-order valence-electron chi connectivity index (χ0n) is 20.3. The molecular weight excluding hydrogens is 531 g/mol. The Morgan fingerprint density at radius 3 is 2.16 bits per heavy atom. The average Bonchev–Trinajstić information content (AvgIpc) is 2.91. The molecule has 0 heterocycles. The standard InChI is InChI=1S/C28H26ClFN2O5S/c29-25-19-23(11-12-26(25)30)27(35)31-24-8-2-6-21(18-24)10-9-20-5-1-7-22(17-20)28(36)32-38(37,15-3-13-33)16-4-14-34/h1-2,5-8,11-12,17-19,33-34H,3-4,13-16H2,(H,31,35). The van der Waals surface area contributed by atoms with Gasteiger partial charge in [-0.1, -0.05) is 35.6 Å². The fourth-order valence-corrected chi connectivity index (χ4v) is 5.50. The van der Waals surface area contributed by atoms with Gasteiger partial charge < -0.3 is 15.5 Å². The maximum absolute atomic E-state index is 13.4. The summed E-state index contributed by atoms with van der Waals surface area (Å²) in [5.74, 6) is 4.34. The van der Waals surface area contributed by atoms with E-state index < -0.39 is 27.4 Å². The molecule has 3 N–H and O–H groups in total. The molecule has 0 unspecified atom stereocenters. The molecule has 0 aliphatic rings. The Kier molecular flexibility index (Phi) is 10.6. The maximum atomic E-state index is 13.4. The molecule has 0 aliphatic carbocycles. The van der Waals surface area contributed by atoms with Crippen LogP contribution in [0, 0.1) is 17.7 Å². The zero-order chi connectivity index (χ0) is 27.5. The molecule has 0 atom stereocenters. The Hall–Kier alpha value is -3.55. The molecule has 3 aromatic rings. The third kappa shape index (κ3) is 8.50. The second kappa shape index (κ2) is 13.8. The van der Waals surface area contributed by atoms with Crippen LogP contribution in [-0.2, 0) is 9.73 Å². The minimum Gasteiger partial charge on any atom is -0.396 e. The van der Waals surface area contributed by atoms with Gasteiger partial charge in [0.15, 0.2) is 0 Å². The quantitative estimate of drug-likeness (QED) is 0.336. The summed E-state index contributed by atoms with van der Waals surface area (Å²) >= 11 is 5.76. The van der Waals surface area contributed by atoms with E-state index in [0.29, 0.717) is 16.8 Å². The van der Waals surface area contributed by atoms with Crippen molar-refractivity contribution in [3.05, 3.63) is 99.8 Å². The second-order valence-electron chi connectivity index (χ2n) is 8.23. The predicted molar refractivity (Wildman–Crippen MR) is 146 cm³/mol. The SMILES string of the molecule is O=C(N=S(=O)(CCCO)CCCO)c1cccc(C#Cc2cccc(NC(=O)c3ccc(F)c(Cl)c3)c2)c1. The summed E-state index contributed by atoms with van der Waals surface area (Å²) in [5.41, 5.74) is 2.02. The van der Waals surface area contributed by atoms with E-state index in [9.17, 15) is 18.2 Å². The largest absolute Gasteiger partial charge is 0.396 e. The molecule has 0 spiro atoms. The molecule has 198 valence electrons. The van der Waals surface area contributed by atoms with Gasteiger partial charge in [-0.25, -0.2) is 8.60 Å². The Morgan fingerprint density at radius 1 is 0.895 bits per heavy atom. The van der Waals surface area contributed by atoms with Crippen LogP contribution in [0.1, 0.15) is 44.7 Å². The second-order valence-corrected chi connectivity index (χ2v) is 11.2. The molecule has 10 heteroatoms. The minimum atomic E-state index is -2.91. The van der Waals surface area contributed by atoms with Crippen LogP contribution in [0.25, 0.3) is 0 Å². The number of hydrogen-bond acceptors (Lipinski definition) is 5. The van der Waals surface area contributed by atoms with Gasteiger partial charge in [0.1, 0.15) is 5.82 Å². The van der Waals surface area contributed by atoms with Crippen LogP contribution in [0.5, 0.6) is 0 Å². The Morgan fingerprint density at radius 2 is 1.53 bits per heavy atom. The fourth-order valence-electron chi connectivity index (χ4n) is 3.37. The number of nitrogens with one attached hydrogen (secondary N) is 1. The van der Waals surface area contributed by atoms with Crippen LogP contribution in [-0.4, -0.2) is 51.0 Å². The number of halogens is 2. The van der Waals surface area contributed by atoms with Crippen LogP contribution in [0.15, 0.2) is 71.1 Å². The molecule has 0 saturated heterocycles. The number of rotatable bonds is 9. The van der Waals surface area contributed by atoms with Gasteiger partial charge in [-0.05, 0) is 67.4 Å². The molecule has 0 bridgehead atoms. The highest BCUT2D eigenvalue weighted by atomic mass is 35.5. The van der Waals surface area contributed by atoms with Crippen LogP contribution >= 0.6 is 11.6 Å². The molecule has 3 aromatic carbocycles. The van der Waals surface area contributed by atoms with Crippen LogP contribution < -0.4 is 5.32 Å². The summed E-state index contributed by atoms with van der Waals surface area (Å²) in [6.07, 6.45) is 0.480. The summed E-state index contributed by atoms with van der Waals surface area (Å²) in [6.45, 7) is -0.341. The van der Waals surface area contributed by atoms with E-state index in [1.807, 2.05) is 0 Å². The smallest absolute Gasteiger partial charge is 0.285 e. The number of aliphatic hydroxyl groups is 2. The molecule has 0 radical (unpaired) electrons. The lowest BCUT2D eigenvalue weighted by Crippen LogP contribution is -2.15. The summed E-state index contributed by atoms with van der Waals surface area (Å²) in [7, 11) is -2.91. The first kappa shape index (κ1) is 29.0. The first-order valence-corrected chi connectivity index (χ1v) is 13.9. The summed E-state index contributed by atoms with van der Waals surface area (Å²) in [6, 6.07) is 16.9. The fraction of sp³-hybridized carbons (Fsp3) is 0.214. The first-order valence-electron chi connectivity index (χ1n) is 11.7. The highest BCUT2D eigenvalue weighted by Crippen LogP contribution is 2.18. The van der Waals surface area contributed by atoms with E-state index >= 15 is 0 Å². The lowest BCUT2D eigenvalue weighted by atomic mass is 10.1. The van der Waals surface area contributed by atoms with Crippen molar-refractivity contribution in [1.29, 1.82) is 0 Å². The molecular formula is C28H26ClFN2O5S. The van der Waals surface area contributed by atoms with Gasteiger partial charge in [0.2, 0.25) is 0 Å². The number of anilines is 1. The molecule has 3 rings (SSSR count). The Labute approximate surface area is 225 Å². The van der Waals surface area contributed by atoms with Gasteiger partial charge in [-0.15, -0.1) is 0 Å². The van der Waals surface area contributed by atoms with E-state index in [1.54, 1.807) is 48.5 Å². The molecule has 38 heavy (non-hydrogen) atoms. The van der Waals surface area contributed by atoms with Crippen molar-refractivity contribution in [2.75, 3.05) is 30.0 Å². The number of aliphatic hydroxyl groups excluding tert-OH is 2. The third-order valence-corrected chi connectivity index (χ3v) is 7.90. The van der Waals surface area contributed by atoms with Crippen LogP contribution in [0.2, 0.25) is 5.02 Å². The van der Waals surface area contributed by atoms with Crippen molar-refractivity contribution >= 4 is 38.8 Å². The lowest BCUT2D eigenvalue weighted by Gasteiger charge is -2.08. The molecule has 2 amide bonds. The van der Waals surface area contributed by atoms with Gasteiger partial charge in [0.25, 0.3) is 11.8 Å². The minimum absolute atomic E-state index is 0.0653. The van der Waals surface area contributed by atoms with Crippen molar-refractivity contribution < 1.29 is 28.4 Å². The van der Waals surface area contributed by atoms with Crippen molar-refractivity contribution in [3.8, 4) is 11.8 Å². The van der Waals surface area contributed by atoms with Gasteiger partial charge in [-0.2, -0.15) is 4.36 Å². The molecule has 0 fully saturated rings. The van der Waals surface area contributed by atoms with E-state index in [-0.39, 0.29) is 53.7 Å². The van der Waals surface area contributed by atoms with Crippen molar-refractivity contribution in [1.82, 2.24) is 0 Å². The molecule has 0 aromatic heterocycles. The highest BCUT2D eigenvalue weighted by molar-refractivity contribution is 7.93. The molecule has 0 saturated carbocycles. The van der Waals surface area contributed by atoms with Crippen molar-refractivity contribution in [3.63, 3.8) is 0 Å².